The first-order valence-corrected chi connectivity index (χ1v) is 12.7. The molecule has 190 valence electrons. The molecule has 3 aromatic rings. The lowest BCUT2D eigenvalue weighted by Gasteiger charge is -2.35. The lowest BCUT2D eigenvalue weighted by atomic mass is 10.1. The van der Waals surface area contributed by atoms with Gasteiger partial charge in [0.1, 0.15) is 11.9 Å². The Balaban J connectivity index is 1.28. The van der Waals surface area contributed by atoms with Crippen molar-refractivity contribution in [1.82, 2.24) is 14.9 Å². The van der Waals surface area contributed by atoms with E-state index in [1.54, 1.807) is 0 Å². The minimum atomic E-state index is -0.664. The van der Waals surface area contributed by atoms with Gasteiger partial charge in [0.05, 0.1) is 11.4 Å². The molecule has 2 aliphatic rings. The molecule has 36 heavy (non-hydrogen) atoms. The maximum atomic E-state index is 14.0. The van der Waals surface area contributed by atoms with Gasteiger partial charge in [-0.25, -0.2) is 18.7 Å². The molecule has 0 unspecified atom stereocenters. The van der Waals surface area contributed by atoms with E-state index in [0.717, 1.165) is 81.1 Å². The van der Waals surface area contributed by atoms with E-state index in [4.69, 9.17) is 14.7 Å². The summed E-state index contributed by atoms with van der Waals surface area (Å²) in [5.74, 6) is 0.530. The van der Waals surface area contributed by atoms with Crippen LogP contribution in [0.3, 0.4) is 0 Å². The third-order valence-electron chi connectivity index (χ3n) is 6.67. The van der Waals surface area contributed by atoms with Gasteiger partial charge < -0.3 is 15.0 Å². The van der Waals surface area contributed by atoms with Gasteiger partial charge in [-0.3, -0.25) is 4.90 Å². The van der Waals surface area contributed by atoms with Gasteiger partial charge in [-0.2, -0.15) is 0 Å². The first-order valence-electron chi connectivity index (χ1n) is 12.7. The van der Waals surface area contributed by atoms with Crippen molar-refractivity contribution in [2.45, 2.75) is 58.3 Å². The number of aromatic nitrogens is 2. The summed E-state index contributed by atoms with van der Waals surface area (Å²) in [5.41, 5.74) is 3.40. The number of hydrogen-bond acceptors (Lipinski definition) is 6. The Kier molecular flexibility index (Phi) is 7.32. The van der Waals surface area contributed by atoms with Crippen molar-refractivity contribution in [3.05, 3.63) is 77.1 Å². The molecular formula is C28H33F2N5O. The van der Waals surface area contributed by atoms with Crippen LogP contribution >= 0.6 is 0 Å². The predicted molar refractivity (Wildman–Crippen MR) is 137 cm³/mol. The number of nitrogens with one attached hydrogen (secondary N) is 1. The van der Waals surface area contributed by atoms with Crippen LogP contribution < -0.4 is 15.0 Å². The summed E-state index contributed by atoms with van der Waals surface area (Å²) in [6, 6.07) is 14.2. The number of benzene rings is 2. The quantitative estimate of drug-likeness (QED) is 0.490. The van der Waals surface area contributed by atoms with E-state index in [2.05, 4.69) is 53.2 Å². The molecule has 0 aliphatic carbocycles. The van der Waals surface area contributed by atoms with Crippen LogP contribution in [0.2, 0.25) is 0 Å². The molecule has 2 aromatic carbocycles. The average molecular weight is 494 g/mol. The molecule has 1 aromatic heterocycles. The van der Waals surface area contributed by atoms with Gasteiger partial charge in [-0.05, 0) is 31.5 Å². The monoisotopic (exact) mass is 493 g/mol. The van der Waals surface area contributed by atoms with Gasteiger partial charge in [0, 0.05) is 64.1 Å². The number of nitrogens with zero attached hydrogens (tertiary/aromatic N) is 4. The van der Waals surface area contributed by atoms with Crippen molar-refractivity contribution >= 4 is 11.6 Å². The minimum absolute atomic E-state index is 0.102. The second-order valence-corrected chi connectivity index (χ2v) is 9.91. The maximum Gasteiger partial charge on any atom is 0.172 e. The fourth-order valence-corrected chi connectivity index (χ4v) is 4.88. The first-order chi connectivity index (χ1) is 17.4. The summed E-state index contributed by atoms with van der Waals surface area (Å²) in [6.45, 7) is 8.30. The van der Waals surface area contributed by atoms with Crippen LogP contribution in [-0.2, 0) is 19.5 Å². The fourth-order valence-electron chi connectivity index (χ4n) is 4.88. The second-order valence-electron chi connectivity index (χ2n) is 9.91. The lowest BCUT2D eigenvalue weighted by Crippen LogP contribution is -2.40. The standard InChI is InChI=1S/C28H33F2N5O/c1-19(2)31-27-28(35-14-10-22(11-15-35)36-26-9-8-21(29)16-23(26)30)33-24-12-13-34(18-25(24)32-27)17-20-6-4-3-5-7-20/h3-9,16,19,22H,10-15,17-18H2,1-2H3,(H,31,32). The number of fused-ring (bicyclic) bond motifs is 1. The SMILES string of the molecule is CC(C)Nc1nc2c(nc1N1CCC(Oc3ccc(F)cc3F)CC1)CCN(Cc1ccccc1)C2. The highest BCUT2D eigenvalue weighted by molar-refractivity contribution is 5.62. The molecule has 0 amide bonds. The van der Waals surface area contributed by atoms with E-state index in [1.165, 1.54) is 17.7 Å². The minimum Gasteiger partial charge on any atom is -0.487 e. The predicted octanol–water partition coefficient (Wildman–Crippen LogP) is 5.18. The Bertz CT molecular complexity index is 1180. The van der Waals surface area contributed by atoms with Gasteiger partial charge >= 0.3 is 0 Å². The van der Waals surface area contributed by atoms with Crippen LogP contribution in [-0.4, -0.2) is 46.6 Å². The number of piperidine rings is 1. The van der Waals surface area contributed by atoms with Crippen LogP contribution in [0.25, 0.3) is 0 Å². The smallest absolute Gasteiger partial charge is 0.172 e. The summed E-state index contributed by atoms with van der Waals surface area (Å²) in [6.07, 6.45) is 2.19. The van der Waals surface area contributed by atoms with Gasteiger partial charge in [-0.15, -0.1) is 0 Å². The average Bonchev–Trinajstić information content (AvgIpc) is 2.86. The first kappa shape index (κ1) is 24.4. The van der Waals surface area contributed by atoms with Gasteiger partial charge in [0.2, 0.25) is 0 Å². The molecule has 0 atom stereocenters. The Labute approximate surface area is 211 Å². The zero-order valence-corrected chi connectivity index (χ0v) is 20.9. The normalized spacial score (nSPS) is 16.8. The fraction of sp³-hybridized carbons (Fsp3) is 0.429. The molecule has 6 nitrogen and oxygen atoms in total. The topological polar surface area (TPSA) is 53.5 Å². The molecule has 0 spiro atoms. The molecule has 5 rings (SSSR count). The zero-order valence-electron chi connectivity index (χ0n) is 20.9. The Morgan fingerprint density at radius 1 is 1.00 bits per heavy atom. The van der Waals surface area contributed by atoms with E-state index in [1.807, 2.05) is 6.07 Å². The maximum absolute atomic E-state index is 14.0. The summed E-state index contributed by atoms with van der Waals surface area (Å²) in [7, 11) is 0. The van der Waals surface area contributed by atoms with E-state index >= 15 is 0 Å². The van der Waals surface area contributed by atoms with Gasteiger partial charge in [0.25, 0.3) is 0 Å². The third kappa shape index (κ3) is 5.75. The Hall–Kier alpha value is -3.26. The summed E-state index contributed by atoms with van der Waals surface area (Å²) in [4.78, 5) is 14.8. The molecule has 8 heteroatoms. The van der Waals surface area contributed by atoms with E-state index in [-0.39, 0.29) is 17.9 Å². The number of halogens is 2. The van der Waals surface area contributed by atoms with E-state index in [0.29, 0.717) is 0 Å². The molecular weight excluding hydrogens is 460 g/mol. The summed E-state index contributed by atoms with van der Waals surface area (Å²) < 4.78 is 33.1. The third-order valence-corrected chi connectivity index (χ3v) is 6.67. The zero-order chi connectivity index (χ0) is 25.1. The highest BCUT2D eigenvalue weighted by Gasteiger charge is 2.28. The van der Waals surface area contributed by atoms with E-state index < -0.39 is 11.6 Å². The van der Waals surface area contributed by atoms with Gasteiger partial charge in [-0.1, -0.05) is 30.3 Å². The molecule has 2 aliphatic heterocycles. The number of anilines is 2. The second kappa shape index (κ2) is 10.8. The molecule has 0 bridgehead atoms. The highest BCUT2D eigenvalue weighted by Crippen LogP contribution is 2.31. The van der Waals surface area contributed by atoms with Crippen molar-refractivity contribution in [3.63, 3.8) is 0 Å². The Morgan fingerprint density at radius 3 is 2.50 bits per heavy atom. The number of ether oxygens (including phenoxy) is 1. The van der Waals surface area contributed by atoms with Crippen LogP contribution in [0.1, 0.15) is 43.6 Å². The lowest BCUT2D eigenvalue weighted by molar-refractivity contribution is 0.163. The van der Waals surface area contributed by atoms with Crippen molar-refractivity contribution < 1.29 is 13.5 Å². The van der Waals surface area contributed by atoms with Crippen LogP contribution in [0.4, 0.5) is 20.4 Å². The van der Waals surface area contributed by atoms with Crippen molar-refractivity contribution in [2.24, 2.45) is 0 Å². The van der Waals surface area contributed by atoms with Crippen molar-refractivity contribution in [1.29, 1.82) is 0 Å². The molecule has 0 radical (unpaired) electrons. The summed E-state index contributed by atoms with van der Waals surface area (Å²) in [5, 5.41) is 3.50. The molecule has 1 N–H and O–H groups in total. The van der Waals surface area contributed by atoms with Crippen LogP contribution in [0.15, 0.2) is 48.5 Å². The molecule has 3 heterocycles. The van der Waals surface area contributed by atoms with Crippen LogP contribution in [0, 0.1) is 11.6 Å². The van der Waals surface area contributed by atoms with Crippen molar-refractivity contribution in [2.75, 3.05) is 29.9 Å². The highest BCUT2D eigenvalue weighted by atomic mass is 19.1. The molecule has 0 saturated carbocycles. The molecule has 1 saturated heterocycles. The largest absolute Gasteiger partial charge is 0.487 e. The number of hydrogen-bond donors (Lipinski definition) is 1. The number of rotatable bonds is 7. The van der Waals surface area contributed by atoms with E-state index in [9.17, 15) is 8.78 Å². The molecule has 1 fully saturated rings. The van der Waals surface area contributed by atoms with Crippen LogP contribution in [0.5, 0.6) is 5.75 Å². The van der Waals surface area contributed by atoms with Crippen molar-refractivity contribution in [3.8, 4) is 5.75 Å². The summed E-state index contributed by atoms with van der Waals surface area (Å²) >= 11 is 0. The van der Waals surface area contributed by atoms with Gasteiger partial charge in [0.15, 0.2) is 23.2 Å². The Morgan fingerprint density at radius 2 is 1.78 bits per heavy atom.